The first-order valence-corrected chi connectivity index (χ1v) is 7.33. The van der Waals surface area contributed by atoms with Crippen LogP contribution in [-0.4, -0.2) is 0 Å². The fraction of sp³-hybridized carbons (Fsp3) is 0.588. The molecule has 4 rings (SSSR count). The zero-order valence-electron chi connectivity index (χ0n) is 10.4. The normalized spacial score (nSPS) is 39.3. The van der Waals surface area contributed by atoms with Gasteiger partial charge in [-0.1, -0.05) is 30.7 Å². The molecule has 0 aliphatic heterocycles. The smallest absolute Gasteiger partial charge is 0.00563 e. The van der Waals surface area contributed by atoms with E-state index < -0.39 is 0 Å². The monoisotopic (exact) mass is 225 g/mol. The van der Waals surface area contributed by atoms with Crippen molar-refractivity contribution in [1.82, 2.24) is 0 Å². The predicted molar refractivity (Wildman–Crippen MR) is 70.6 cm³/mol. The molecular formula is C17H21. The number of aryl methyl sites for hydroxylation is 1. The van der Waals surface area contributed by atoms with Gasteiger partial charge in [-0.3, -0.25) is 0 Å². The summed E-state index contributed by atoms with van der Waals surface area (Å²) in [4.78, 5) is 0. The van der Waals surface area contributed by atoms with E-state index in [0.29, 0.717) is 0 Å². The molecule has 89 valence electrons. The van der Waals surface area contributed by atoms with Crippen LogP contribution in [0.3, 0.4) is 0 Å². The summed E-state index contributed by atoms with van der Waals surface area (Å²) in [7, 11) is 0. The number of hydrogen-bond donors (Lipinski definition) is 0. The van der Waals surface area contributed by atoms with Crippen molar-refractivity contribution in [1.29, 1.82) is 0 Å². The van der Waals surface area contributed by atoms with Gasteiger partial charge < -0.3 is 0 Å². The van der Waals surface area contributed by atoms with E-state index in [1.165, 1.54) is 37.7 Å². The van der Waals surface area contributed by atoms with Crippen LogP contribution in [0, 0.1) is 30.1 Å². The van der Waals surface area contributed by atoms with Gasteiger partial charge in [-0.2, -0.15) is 0 Å². The maximum Gasteiger partial charge on any atom is -0.00563 e. The standard InChI is InChI=1S/C17H21/c1-2-4-14-11-16(8-7-13(14)3-1)17-10-12-5-6-15(17)9-12/h1-4,11-12,15-17H,5-10H2. The van der Waals surface area contributed by atoms with Crippen LogP contribution in [0.1, 0.15) is 43.2 Å². The maximum atomic E-state index is 2.60. The molecule has 0 nitrogen and oxygen atoms in total. The van der Waals surface area contributed by atoms with Crippen molar-refractivity contribution in [3.63, 3.8) is 0 Å². The van der Waals surface area contributed by atoms with E-state index in [9.17, 15) is 0 Å². The second kappa shape index (κ2) is 3.86. The summed E-state index contributed by atoms with van der Waals surface area (Å²) in [6, 6.07) is 9.00. The Hall–Kier alpha value is -0.780. The summed E-state index contributed by atoms with van der Waals surface area (Å²) >= 11 is 0. The molecule has 0 aromatic heterocycles. The summed E-state index contributed by atoms with van der Waals surface area (Å²) in [6.45, 7) is 0. The van der Waals surface area contributed by atoms with Crippen molar-refractivity contribution >= 4 is 0 Å². The van der Waals surface area contributed by atoms with E-state index >= 15 is 0 Å². The quantitative estimate of drug-likeness (QED) is 0.670. The van der Waals surface area contributed by atoms with Crippen LogP contribution in [0.2, 0.25) is 0 Å². The number of benzene rings is 1. The molecule has 1 radical (unpaired) electrons. The summed E-state index contributed by atoms with van der Waals surface area (Å²) < 4.78 is 0. The van der Waals surface area contributed by atoms with Crippen LogP contribution in [0.25, 0.3) is 0 Å². The molecule has 17 heavy (non-hydrogen) atoms. The summed E-state index contributed by atoms with van der Waals surface area (Å²) in [5.74, 6) is 4.09. The Morgan fingerprint density at radius 1 is 0.941 bits per heavy atom. The lowest BCUT2D eigenvalue weighted by molar-refractivity contribution is 0.239. The maximum absolute atomic E-state index is 2.60. The van der Waals surface area contributed by atoms with Gasteiger partial charge in [0.25, 0.3) is 0 Å². The number of fused-ring (bicyclic) bond motifs is 3. The van der Waals surface area contributed by atoms with E-state index in [2.05, 4.69) is 30.7 Å². The van der Waals surface area contributed by atoms with Crippen molar-refractivity contribution in [3.05, 3.63) is 41.8 Å². The predicted octanol–water partition coefficient (Wildman–Crippen LogP) is 4.24. The molecule has 0 N–H and O–H groups in total. The molecule has 2 bridgehead atoms. The molecule has 0 saturated heterocycles. The molecule has 2 saturated carbocycles. The minimum atomic E-state index is 0.889. The molecule has 0 spiro atoms. The average molecular weight is 225 g/mol. The molecule has 0 heterocycles. The van der Waals surface area contributed by atoms with E-state index in [1.807, 2.05) is 0 Å². The second-order valence-corrected chi connectivity index (χ2v) is 6.41. The highest BCUT2D eigenvalue weighted by atomic mass is 14.5. The third-order valence-corrected chi connectivity index (χ3v) is 5.54. The van der Waals surface area contributed by atoms with E-state index in [-0.39, 0.29) is 0 Å². The van der Waals surface area contributed by atoms with Gasteiger partial charge in [0.1, 0.15) is 0 Å². The van der Waals surface area contributed by atoms with Crippen LogP contribution in [-0.2, 0) is 6.42 Å². The Morgan fingerprint density at radius 2 is 1.88 bits per heavy atom. The lowest BCUT2D eigenvalue weighted by atomic mass is 9.71. The molecule has 4 unspecified atom stereocenters. The second-order valence-electron chi connectivity index (χ2n) is 6.41. The Balaban J connectivity index is 1.55. The molecule has 2 fully saturated rings. The molecule has 0 heteroatoms. The number of hydrogen-bond acceptors (Lipinski definition) is 0. The number of rotatable bonds is 1. The van der Waals surface area contributed by atoms with Crippen molar-refractivity contribution < 1.29 is 0 Å². The Morgan fingerprint density at radius 3 is 2.71 bits per heavy atom. The molecule has 1 aromatic carbocycles. The van der Waals surface area contributed by atoms with E-state index in [1.54, 1.807) is 12.0 Å². The van der Waals surface area contributed by atoms with Gasteiger partial charge in [0.15, 0.2) is 0 Å². The molecular weight excluding hydrogens is 204 g/mol. The summed E-state index contributed by atoms with van der Waals surface area (Å²) in [5.41, 5.74) is 3.11. The van der Waals surface area contributed by atoms with Crippen LogP contribution in [0.5, 0.6) is 0 Å². The molecule has 3 aliphatic carbocycles. The average Bonchev–Trinajstić information content (AvgIpc) is 3.00. The lowest BCUT2D eigenvalue weighted by Crippen LogP contribution is -2.25. The Bertz CT molecular complexity index is 420. The van der Waals surface area contributed by atoms with Gasteiger partial charge in [0.05, 0.1) is 0 Å². The van der Waals surface area contributed by atoms with Gasteiger partial charge in [0.2, 0.25) is 0 Å². The SMILES string of the molecule is [CH]1c2ccccc2CCC1C1CC2CCC1C2. The van der Waals surface area contributed by atoms with Crippen molar-refractivity contribution in [2.24, 2.45) is 23.7 Å². The highest BCUT2D eigenvalue weighted by Crippen LogP contribution is 2.53. The van der Waals surface area contributed by atoms with Gasteiger partial charge in [-0.05, 0) is 73.3 Å². The minimum absolute atomic E-state index is 0.889. The van der Waals surface area contributed by atoms with Gasteiger partial charge in [-0.15, -0.1) is 0 Å². The Kier molecular flexibility index (Phi) is 2.31. The van der Waals surface area contributed by atoms with Gasteiger partial charge in [-0.25, -0.2) is 0 Å². The topological polar surface area (TPSA) is 0 Å². The fourth-order valence-corrected chi connectivity index (χ4v) is 4.72. The van der Waals surface area contributed by atoms with Gasteiger partial charge >= 0.3 is 0 Å². The van der Waals surface area contributed by atoms with Crippen LogP contribution in [0.4, 0.5) is 0 Å². The molecule has 4 atom stereocenters. The molecule has 1 aromatic rings. The Labute approximate surface area is 104 Å². The van der Waals surface area contributed by atoms with E-state index in [0.717, 1.165) is 23.7 Å². The third kappa shape index (κ3) is 1.64. The van der Waals surface area contributed by atoms with Crippen LogP contribution < -0.4 is 0 Å². The third-order valence-electron chi connectivity index (χ3n) is 5.54. The van der Waals surface area contributed by atoms with Crippen LogP contribution in [0.15, 0.2) is 24.3 Å². The zero-order valence-corrected chi connectivity index (χ0v) is 10.4. The highest BCUT2D eigenvalue weighted by molar-refractivity contribution is 5.36. The minimum Gasteiger partial charge on any atom is -0.0620 e. The van der Waals surface area contributed by atoms with Crippen LogP contribution >= 0.6 is 0 Å². The first-order valence-electron chi connectivity index (χ1n) is 7.33. The highest BCUT2D eigenvalue weighted by Gasteiger charge is 2.43. The molecule has 0 amide bonds. The van der Waals surface area contributed by atoms with Crippen molar-refractivity contribution in [2.75, 3.05) is 0 Å². The first-order chi connectivity index (χ1) is 8.40. The van der Waals surface area contributed by atoms with Crippen molar-refractivity contribution in [3.8, 4) is 0 Å². The largest absolute Gasteiger partial charge is 0.0620 e. The first kappa shape index (κ1) is 10.2. The molecule has 3 aliphatic rings. The van der Waals surface area contributed by atoms with Gasteiger partial charge in [0, 0.05) is 0 Å². The fourth-order valence-electron chi connectivity index (χ4n) is 4.72. The lowest BCUT2D eigenvalue weighted by Gasteiger charge is -2.34. The summed E-state index contributed by atoms with van der Waals surface area (Å²) in [6.07, 6.45) is 11.5. The zero-order chi connectivity index (χ0) is 11.2. The summed E-state index contributed by atoms with van der Waals surface area (Å²) in [5, 5.41) is 0. The van der Waals surface area contributed by atoms with Crippen molar-refractivity contribution in [2.45, 2.75) is 38.5 Å². The van der Waals surface area contributed by atoms with E-state index in [4.69, 9.17) is 0 Å².